The number of halogens is 1. The van der Waals surface area contributed by atoms with Crippen molar-refractivity contribution in [2.24, 2.45) is 0 Å². The molecule has 0 aromatic heterocycles. The maximum atomic E-state index is 12.8. The molecular weight excluding hydrogens is 255 g/mol. The van der Waals surface area contributed by atoms with Crippen LogP contribution in [0.25, 0.3) is 0 Å². The fourth-order valence-electron chi connectivity index (χ4n) is 1.86. The highest BCUT2D eigenvalue weighted by molar-refractivity contribution is 6.04. The summed E-state index contributed by atoms with van der Waals surface area (Å²) in [4.78, 5) is 14.0. The molecule has 0 aliphatic carbocycles. The monoisotopic (exact) mass is 272 g/mol. The number of hydrogen-bond donors (Lipinski definition) is 1. The lowest BCUT2D eigenvalue weighted by molar-refractivity contribution is 0.102. The van der Waals surface area contributed by atoms with Gasteiger partial charge in [-0.3, -0.25) is 4.79 Å². The fourth-order valence-corrected chi connectivity index (χ4v) is 1.86. The van der Waals surface area contributed by atoms with Gasteiger partial charge in [-0.2, -0.15) is 0 Å². The van der Waals surface area contributed by atoms with Gasteiger partial charge in [0.15, 0.2) is 0 Å². The summed E-state index contributed by atoms with van der Waals surface area (Å²) in [6.45, 7) is 0.853. The van der Waals surface area contributed by atoms with Gasteiger partial charge in [-0.15, -0.1) is 0 Å². The lowest BCUT2D eigenvalue weighted by Crippen LogP contribution is -2.12. The predicted molar refractivity (Wildman–Crippen MR) is 78.2 cm³/mol. The highest BCUT2D eigenvalue weighted by Gasteiger charge is 2.06. The first-order valence-electron chi connectivity index (χ1n) is 6.35. The Bertz CT molecular complexity index is 576. The molecule has 0 aliphatic heterocycles. The van der Waals surface area contributed by atoms with E-state index in [0.29, 0.717) is 5.56 Å². The summed E-state index contributed by atoms with van der Waals surface area (Å²) in [5, 5.41) is 2.78. The molecule has 1 N–H and O–H groups in total. The smallest absolute Gasteiger partial charge is 0.255 e. The molecular formula is C16H17FN2O. The van der Waals surface area contributed by atoms with Crippen molar-refractivity contribution in [2.75, 3.05) is 19.4 Å². The number of nitrogens with one attached hydrogen (secondary N) is 1. The van der Waals surface area contributed by atoms with Crippen molar-refractivity contribution < 1.29 is 9.18 Å². The summed E-state index contributed by atoms with van der Waals surface area (Å²) in [5.74, 6) is -0.597. The highest BCUT2D eigenvalue weighted by Crippen LogP contribution is 2.12. The lowest BCUT2D eigenvalue weighted by atomic mass is 10.1. The van der Waals surface area contributed by atoms with Gasteiger partial charge in [0, 0.05) is 17.8 Å². The van der Waals surface area contributed by atoms with E-state index in [4.69, 9.17) is 0 Å². The Hall–Kier alpha value is -2.20. The van der Waals surface area contributed by atoms with E-state index in [2.05, 4.69) is 10.2 Å². The standard InChI is InChI=1S/C16H17FN2O/c1-19(2)11-12-3-9-15(10-4-12)18-16(20)13-5-7-14(17)8-6-13/h3-10H,11H2,1-2H3,(H,18,20). The van der Waals surface area contributed by atoms with Crippen molar-refractivity contribution in [3.05, 3.63) is 65.5 Å². The molecule has 0 bridgehead atoms. The summed E-state index contributed by atoms with van der Waals surface area (Å²) < 4.78 is 12.8. The summed E-state index contributed by atoms with van der Waals surface area (Å²) in [6.07, 6.45) is 0. The van der Waals surface area contributed by atoms with Crippen LogP contribution in [0.4, 0.5) is 10.1 Å². The zero-order chi connectivity index (χ0) is 14.5. The van der Waals surface area contributed by atoms with Crippen LogP contribution in [0.15, 0.2) is 48.5 Å². The normalized spacial score (nSPS) is 10.6. The molecule has 104 valence electrons. The van der Waals surface area contributed by atoms with Crippen molar-refractivity contribution in [3.8, 4) is 0 Å². The first kappa shape index (κ1) is 14.2. The van der Waals surface area contributed by atoms with E-state index in [0.717, 1.165) is 12.2 Å². The predicted octanol–water partition coefficient (Wildman–Crippen LogP) is 3.14. The van der Waals surface area contributed by atoms with Gasteiger partial charge in [-0.1, -0.05) is 12.1 Å². The van der Waals surface area contributed by atoms with Crippen molar-refractivity contribution in [1.29, 1.82) is 0 Å². The van der Waals surface area contributed by atoms with Gasteiger partial charge in [0.1, 0.15) is 5.82 Å². The molecule has 4 heteroatoms. The second-order valence-electron chi connectivity index (χ2n) is 4.90. The minimum atomic E-state index is -0.352. The van der Waals surface area contributed by atoms with Crippen molar-refractivity contribution in [1.82, 2.24) is 4.90 Å². The second kappa shape index (κ2) is 6.30. The quantitative estimate of drug-likeness (QED) is 0.927. The number of carbonyl (C=O) groups is 1. The largest absolute Gasteiger partial charge is 0.322 e. The molecule has 0 aliphatic rings. The highest BCUT2D eigenvalue weighted by atomic mass is 19.1. The number of rotatable bonds is 4. The Morgan fingerprint density at radius 2 is 1.65 bits per heavy atom. The lowest BCUT2D eigenvalue weighted by Gasteiger charge is -2.10. The first-order valence-corrected chi connectivity index (χ1v) is 6.35. The van der Waals surface area contributed by atoms with Crippen molar-refractivity contribution in [3.63, 3.8) is 0 Å². The summed E-state index contributed by atoms with van der Waals surface area (Å²) in [6, 6.07) is 13.1. The number of carbonyl (C=O) groups excluding carboxylic acids is 1. The van der Waals surface area contributed by atoms with Crippen LogP contribution in [0.3, 0.4) is 0 Å². The van der Waals surface area contributed by atoms with E-state index >= 15 is 0 Å². The van der Waals surface area contributed by atoms with Crippen LogP contribution in [0.5, 0.6) is 0 Å². The second-order valence-corrected chi connectivity index (χ2v) is 4.90. The van der Waals surface area contributed by atoms with E-state index in [1.54, 1.807) is 0 Å². The van der Waals surface area contributed by atoms with Gasteiger partial charge >= 0.3 is 0 Å². The number of amides is 1. The molecule has 20 heavy (non-hydrogen) atoms. The van der Waals surface area contributed by atoms with Gasteiger partial charge < -0.3 is 10.2 Å². The average molecular weight is 272 g/mol. The summed E-state index contributed by atoms with van der Waals surface area (Å²) in [5.41, 5.74) is 2.33. The van der Waals surface area contributed by atoms with E-state index in [1.807, 2.05) is 38.4 Å². The van der Waals surface area contributed by atoms with Gasteiger partial charge in [0.25, 0.3) is 5.91 Å². The molecule has 0 fully saturated rings. The minimum Gasteiger partial charge on any atom is -0.322 e. The van der Waals surface area contributed by atoms with E-state index in [-0.39, 0.29) is 11.7 Å². The molecule has 2 rings (SSSR count). The third kappa shape index (κ3) is 3.90. The fraction of sp³-hybridized carbons (Fsp3) is 0.188. The van der Waals surface area contributed by atoms with Gasteiger partial charge in [0.05, 0.1) is 0 Å². The third-order valence-corrected chi connectivity index (χ3v) is 2.82. The van der Waals surface area contributed by atoms with E-state index in [1.165, 1.54) is 29.8 Å². The zero-order valence-electron chi connectivity index (χ0n) is 11.6. The Kier molecular flexibility index (Phi) is 4.48. The molecule has 0 saturated heterocycles. The van der Waals surface area contributed by atoms with Crippen LogP contribution in [0, 0.1) is 5.82 Å². The van der Waals surface area contributed by atoms with Crippen LogP contribution < -0.4 is 5.32 Å². The minimum absolute atomic E-state index is 0.245. The molecule has 0 radical (unpaired) electrons. The van der Waals surface area contributed by atoms with Crippen LogP contribution in [-0.4, -0.2) is 24.9 Å². The van der Waals surface area contributed by atoms with E-state index in [9.17, 15) is 9.18 Å². The molecule has 1 amide bonds. The molecule has 0 saturated carbocycles. The van der Waals surface area contributed by atoms with Gasteiger partial charge in [-0.05, 0) is 56.1 Å². The SMILES string of the molecule is CN(C)Cc1ccc(NC(=O)c2ccc(F)cc2)cc1. The molecule has 0 heterocycles. The van der Waals surface area contributed by atoms with Crippen molar-refractivity contribution >= 4 is 11.6 Å². The number of anilines is 1. The topological polar surface area (TPSA) is 32.3 Å². The Balaban J connectivity index is 2.02. The summed E-state index contributed by atoms with van der Waals surface area (Å²) >= 11 is 0. The molecule has 2 aromatic rings. The van der Waals surface area contributed by atoms with Gasteiger partial charge in [-0.25, -0.2) is 4.39 Å². The number of benzene rings is 2. The van der Waals surface area contributed by atoms with Crippen LogP contribution >= 0.6 is 0 Å². The van der Waals surface area contributed by atoms with Crippen LogP contribution in [-0.2, 0) is 6.54 Å². The molecule has 0 unspecified atom stereocenters. The molecule has 2 aromatic carbocycles. The number of hydrogen-bond acceptors (Lipinski definition) is 2. The van der Waals surface area contributed by atoms with Crippen molar-refractivity contribution in [2.45, 2.75) is 6.54 Å². The molecule has 0 atom stereocenters. The third-order valence-electron chi connectivity index (χ3n) is 2.82. The summed E-state index contributed by atoms with van der Waals surface area (Å²) in [7, 11) is 4.01. The van der Waals surface area contributed by atoms with Crippen LogP contribution in [0.2, 0.25) is 0 Å². The van der Waals surface area contributed by atoms with Crippen LogP contribution in [0.1, 0.15) is 15.9 Å². The molecule has 0 spiro atoms. The maximum Gasteiger partial charge on any atom is 0.255 e. The number of nitrogens with zero attached hydrogens (tertiary/aromatic N) is 1. The average Bonchev–Trinajstić information content (AvgIpc) is 2.41. The Morgan fingerprint density at radius 3 is 2.20 bits per heavy atom. The maximum absolute atomic E-state index is 12.8. The Morgan fingerprint density at radius 1 is 1.05 bits per heavy atom. The van der Waals surface area contributed by atoms with E-state index < -0.39 is 0 Å². The Labute approximate surface area is 118 Å². The molecule has 3 nitrogen and oxygen atoms in total. The van der Waals surface area contributed by atoms with Gasteiger partial charge in [0.2, 0.25) is 0 Å². The first-order chi connectivity index (χ1) is 9.54. The zero-order valence-corrected chi connectivity index (χ0v) is 11.6.